The fourth-order valence-electron chi connectivity index (χ4n) is 1.78. The van der Waals surface area contributed by atoms with Gasteiger partial charge in [-0.1, -0.05) is 19.8 Å². The summed E-state index contributed by atoms with van der Waals surface area (Å²) in [7, 11) is 1.70. The fraction of sp³-hybridized carbons (Fsp3) is 0.833. The molecule has 0 aromatic rings. The minimum absolute atomic E-state index is 0.0479. The maximum atomic E-state index is 11.5. The molecule has 0 aliphatic carbocycles. The maximum Gasteiger partial charge on any atom is 0.409 e. The number of nitrogens with zero attached hydrogens (tertiary/aromatic N) is 1. The van der Waals surface area contributed by atoms with E-state index in [0.29, 0.717) is 19.4 Å². The van der Waals surface area contributed by atoms with Crippen LogP contribution < -0.4 is 5.32 Å². The van der Waals surface area contributed by atoms with E-state index in [0.717, 1.165) is 25.8 Å². The second-order valence-corrected chi connectivity index (χ2v) is 4.48. The monoisotopic (exact) mass is 242 g/mol. The Hall–Kier alpha value is -1.26. The molecule has 0 bridgehead atoms. The van der Waals surface area contributed by atoms with Gasteiger partial charge in [0.05, 0.1) is 6.54 Å². The average molecular weight is 242 g/mol. The van der Waals surface area contributed by atoms with E-state index in [1.807, 2.05) is 0 Å². The quantitative estimate of drug-likeness (QED) is 0.689. The topological polar surface area (TPSA) is 58.6 Å². The molecule has 1 N–H and O–H groups in total. The summed E-state index contributed by atoms with van der Waals surface area (Å²) in [5.41, 5.74) is 0. The lowest BCUT2D eigenvalue weighted by molar-refractivity contribution is -0.121. The predicted molar refractivity (Wildman–Crippen MR) is 64.7 cm³/mol. The van der Waals surface area contributed by atoms with Gasteiger partial charge in [0.1, 0.15) is 6.10 Å². The van der Waals surface area contributed by atoms with Crippen molar-refractivity contribution in [1.82, 2.24) is 10.2 Å². The molecule has 2 amide bonds. The van der Waals surface area contributed by atoms with Gasteiger partial charge in [-0.3, -0.25) is 4.79 Å². The van der Waals surface area contributed by atoms with Crippen LogP contribution in [0.2, 0.25) is 0 Å². The standard InChI is InChI=1S/C12H22N2O3/c1-3-4-5-8-13-11(15)7-6-10-9-14(2)12(16)17-10/h10H,3-9H2,1-2H3,(H,13,15). The van der Waals surface area contributed by atoms with Crippen molar-refractivity contribution >= 4 is 12.0 Å². The van der Waals surface area contributed by atoms with E-state index in [9.17, 15) is 9.59 Å². The summed E-state index contributed by atoms with van der Waals surface area (Å²) >= 11 is 0. The lowest BCUT2D eigenvalue weighted by Crippen LogP contribution is -2.26. The van der Waals surface area contributed by atoms with Gasteiger partial charge in [-0.05, 0) is 12.8 Å². The van der Waals surface area contributed by atoms with E-state index in [-0.39, 0.29) is 18.1 Å². The maximum absolute atomic E-state index is 11.5. The number of nitrogens with one attached hydrogen (secondary N) is 1. The van der Waals surface area contributed by atoms with E-state index in [1.54, 1.807) is 7.05 Å². The van der Waals surface area contributed by atoms with Crippen LogP contribution in [-0.4, -0.2) is 43.1 Å². The molecule has 1 rings (SSSR count). The van der Waals surface area contributed by atoms with Gasteiger partial charge in [0.15, 0.2) is 0 Å². The lowest BCUT2D eigenvalue weighted by Gasteiger charge is -2.08. The van der Waals surface area contributed by atoms with Crippen LogP contribution in [0.5, 0.6) is 0 Å². The molecule has 1 unspecified atom stereocenters. The number of unbranched alkanes of at least 4 members (excludes halogenated alkanes) is 2. The summed E-state index contributed by atoms with van der Waals surface area (Å²) < 4.78 is 5.07. The third-order valence-corrected chi connectivity index (χ3v) is 2.85. The van der Waals surface area contributed by atoms with Gasteiger partial charge < -0.3 is 15.0 Å². The molecular formula is C12H22N2O3. The SMILES string of the molecule is CCCCCNC(=O)CCC1CN(C)C(=O)O1. The first-order valence-electron chi connectivity index (χ1n) is 6.32. The summed E-state index contributed by atoms with van der Waals surface area (Å²) in [4.78, 5) is 24.1. The van der Waals surface area contributed by atoms with Gasteiger partial charge >= 0.3 is 6.09 Å². The zero-order valence-electron chi connectivity index (χ0n) is 10.7. The number of amides is 2. The van der Waals surface area contributed by atoms with Gasteiger partial charge in [-0.2, -0.15) is 0 Å². The van der Waals surface area contributed by atoms with Crippen LogP contribution in [0.1, 0.15) is 39.0 Å². The van der Waals surface area contributed by atoms with Crippen LogP contribution >= 0.6 is 0 Å². The highest BCUT2D eigenvalue weighted by atomic mass is 16.6. The Balaban J connectivity index is 2.06. The van der Waals surface area contributed by atoms with E-state index in [4.69, 9.17) is 4.74 Å². The van der Waals surface area contributed by atoms with Crippen LogP contribution in [0.4, 0.5) is 4.79 Å². The Morgan fingerprint density at radius 3 is 2.88 bits per heavy atom. The molecule has 1 aliphatic rings. The van der Waals surface area contributed by atoms with E-state index in [2.05, 4.69) is 12.2 Å². The number of carbonyl (C=O) groups excluding carboxylic acids is 2. The van der Waals surface area contributed by atoms with Crippen molar-refractivity contribution in [3.63, 3.8) is 0 Å². The number of hydrogen-bond donors (Lipinski definition) is 1. The van der Waals surface area contributed by atoms with Crippen molar-refractivity contribution in [2.45, 2.75) is 45.1 Å². The van der Waals surface area contributed by atoms with Crippen molar-refractivity contribution in [3.8, 4) is 0 Å². The summed E-state index contributed by atoms with van der Waals surface area (Å²) in [5, 5.41) is 2.87. The highest BCUT2D eigenvalue weighted by Gasteiger charge is 2.28. The first-order chi connectivity index (χ1) is 8.13. The van der Waals surface area contributed by atoms with Crippen molar-refractivity contribution in [2.24, 2.45) is 0 Å². The van der Waals surface area contributed by atoms with Gasteiger partial charge in [-0.15, -0.1) is 0 Å². The summed E-state index contributed by atoms with van der Waals surface area (Å²) in [6.45, 7) is 3.46. The number of likely N-dealkylation sites (N-methyl/N-ethyl adjacent to an activating group) is 1. The summed E-state index contributed by atoms with van der Waals surface area (Å²) in [6.07, 6.45) is 3.94. The summed E-state index contributed by atoms with van der Waals surface area (Å²) in [5.74, 6) is 0.0479. The Bertz CT molecular complexity index is 268. The molecule has 5 heteroatoms. The average Bonchev–Trinajstić information content (AvgIpc) is 2.62. The normalized spacial score (nSPS) is 19.3. The Morgan fingerprint density at radius 1 is 1.53 bits per heavy atom. The third-order valence-electron chi connectivity index (χ3n) is 2.85. The van der Waals surface area contributed by atoms with Crippen LogP contribution in [-0.2, 0) is 9.53 Å². The number of hydrogen-bond acceptors (Lipinski definition) is 3. The molecule has 0 aromatic carbocycles. The second-order valence-electron chi connectivity index (χ2n) is 4.48. The largest absolute Gasteiger partial charge is 0.444 e. The number of carbonyl (C=O) groups is 2. The third kappa shape index (κ3) is 5.06. The molecule has 98 valence electrons. The first-order valence-corrected chi connectivity index (χ1v) is 6.32. The molecule has 1 atom stereocenters. The van der Waals surface area contributed by atoms with Gasteiger partial charge in [0.25, 0.3) is 0 Å². The summed E-state index contributed by atoms with van der Waals surface area (Å²) in [6, 6.07) is 0. The molecule has 1 aliphatic heterocycles. The highest BCUT2D eigenvalue weighted by Crippen LogP contribution is 2.13. The van der Waals surface area contributed by atoms with Crippen LogP contribution in [0.3, 0.4) is 0 Å². The Morgan fingerprint density at radius 2 is 2.29 bits per heavy atom. The van der Waals surface area contributed by atoms with Crippen LogP contribution in [0.25, 0.3) is 0 Å². The molecular weight excluding hydrogens is 220 g/mol. The minimum atomic E-state index is -0.293. The van der Waals surface area contributed by atoms with Gasteiger partial charge in [0.2, 0.25) is 5.91 Å². The molecule has 0 radical (unpaired) electrons. The number of cyclic esters (lactones) is 1. The molecule has 5 nitrogen and oxygen atoms in total. The smallest absolute Gasteiger partial charge is 0.409 e. The molecule has 0 saturated carbocycles. The van der Waals surface area contributed by atoms with E-state index >= 15 is 0 Å². The van der Waals surface area contributed by atoms with Gasteiger partial charge in [0, 0.05) is 20.0 Å². The zero-order valence-corrected chi connectivity index (χ0v) is 10.7. The molecule has 17 heavy (non-hydrogen) atoms. The second kappa shape index (κ2) is 7.14. The van der Waals surface area contributed by atoms with E-state index < -0.39 is 0 Å². The predicted octanol–water partition coefficient (Wildman–Crippen LogP) is 1.52. The first kappa shape index (κ1) is 13.8. The molecule has 1 fully saturated rings. The zero-order chi connectivity index (χ0) is 12.7. The van der Waals surface area contributed by atoms with Crippen molar-refractivity contribution in [2.75, 3.05) is 20.1 Å². The molecule has 0 spiro atoms. The van der Waals surface area contributed by atoms with Crippen LogP contribution in [0, 0.1) is 0 Å². The van der Waals surface area contributed by atoms with Crippen molar-refractivity contribution in [3.05, 3.63) is 0 Å². The van der Waals surface area contributed by atoms with Crippen molar-refractivity contribution in [1.29, 1.82) is 0 Å². The highest BCUT2D eigenvalue weighted by molar-refractivity contribution is 5.76. The Labute approximate surface area is 102 Å². The van der Waals surface area contributed by atoms with Crippen LogP contribution in [0.15, 0.2) is 0 Å². The molecule has 0 aromatic heterocycles. The molecule has 1 heterocycles. The van der Waals surface area contributed by atoms with Crippen molar-refractivity contribution < 1.29 is 14.3 Å². The van der Waals surface area contributed by atoms with E-state index in [1.165, 1.54) is 4.90 Å². The minimum Gasteiger partial charge on any atom is -0.444 e. The Kier molecular flexibility index (Phi) is 5.80. The van der Waals surface area contributed by atoms with Gasteiger partial charge in [-0.25, -0.2) is 4.79 Å². The fourth-order valence-corrected chi connectivity index (χ4v) is 1.78. The number of ether oxygens (including phenoxy) is 1. The number of rotatable bonds is 7. The molecule has 1 saturated heterocycles. The lowest BCUT2D eigenvalue weighted by atomic mass is 10.2.